The third kappa shape index (κ3) is 4.67. The summed E-state index contributed by atoms with van der Waals surface area (Å²) in [5.41, 5.74) is 2.98. The molecule has 1 amide bonds. The van der Waals surface area contributed by atoms with E-state index in [1.165, 1.54) is 5.56 Å². The van der Waals surface area contributed by atoms with Gasteiger partial charge in [-0.15, -0.1) is 0 Å². The van der Waals surface area contributed by atoms with Gasteiger partial charge in [-0.25, -0.2) is 0 Å². The minimum atomic E-state index is -0.100. The molecule has 0 aliphatic heterocycles. The van der Waals surface area contributed by atoms with Gasteiger partial charge in [0.2, 0.25) is 0 Å². The second-order valence-electron chi connectivity index (χ2n) is 6.44. The number of nitrogens with one attached hydrogen (secondary N) is 2. The molecular formula is C20H26N2O. The largest absolute Gasteiger partial charge is 0.351 e. The Bertz CT molecular complexity index is 635. The molecule has 122 valence electrons. The smallest absolute Gasteiger partial charge is 0.251 e. The number of hydrogen-bond donors (Lipinski definition) is 2. The van der Waals surface area contributed by atoms with Crippen LogP contribution in [0.4, 0.5) is 0 Å². The molecule has 0 spiro atoms. The van der Waals surface area contributed by atoms with E-state index in [9.17, 15) is 4.79 Å². The molecule has 0 fully saturated rings. The van der Waals surface area contributed by atoms with Crippen LogP contribution < -0.4 is 10.6 Å². The number of likely N-dealkylation sites (N-methyl/N-ethyl adjacent to an activating group) is 1. The molecule has 0 aromatic heterocycles. The summed E-state index contributed by atoms with van der Waals surface area (Å²) >= 11 is 0. The molecule has 0 aliphatic rings. The Morgan fingerprint density at radius 3 is 2.35 bits per heavy atom. The predicted octanol–water partition coefficient (Wildman–Crippen LogP) is 3.16. The summed E-state index contributed by atoms with van der Waals surface area (Å²) < 4.78 is 0. The van der Waals surface area contributed by atoms with E-state index < -0.39 is 0 Å². The van der Waals surface area contributed by atoms with Crippen molar-refractivity contribution in [3.05, 3.63) is 71.3 Å². The summed E-state index contributed by atoms with van der Waals surface area (Å²) in [5.74, 6) is 0.000657. The highest BCUT2D eigenvalue weighted by Gasteiger charge is 2.22. The Morgan fingerprint density at radius 1 is 1.00 bits per heavy atom. The van der Waals surface area contributed by atoms with Crippen LogP contribution in [-0.4, -0.2) is 26.0 Å². The minimum absolute atomic E-state index is 0.000657. The first-order chi connectivity index (χ1) is 11.0. The van der Waals surface area contributed by atoms with Crippen LogP contribution in [0.3, 0.4) is 0 Å². The first kappa shape index (κ1) is 17.2. The fourth-order valence-electron chi connectivity index (χ4n) is 2.61. The Hall–Kier alpha value is -2.13. The Kier molecular flexibility index (Phi) is 5.94. The molecule has 0 saturated heterocycles. The van der Waals surface area contributed by atoms with Crippen molar-refractivity contribution < 1.29 is 4.79 Å². The van der Waals surface area contributed by atoms with Crippen molar-refractivity contribution in [1.29, 1.82) is 0 Å². The van der Waals surface area contributed by atoms with Crippen LogP contribution in [0.2, 0.25) is 0 Å². The van der Waals surface area contributed by atoms with E-state index in [-0.39, 0.29) is 11.3 Å². The van der Waals surface area contributed by atoms with Gasteiger partial charge in [-0.05, 0) is 37.2 Å². The van der Waals surface area contributed by atoms with Gasteiger partial charge in [0.1, 0.15) is 0 Å². The zero-order chi connectivity index (χ0) is 16.7. The minimum Gasteiger partial charge on any atom is -0.351 e. The van der Waals surface area contributed by atoms with Crippen LogP contribution in [0.5, 0.6) is 0 Å². The Morgan fingerprint density at radius 2 is 1.65 bits per heavy atom. The standard InChI is InChI=1S/C20H26N2O/c1-20(2,17-10-5-4-6-11-17)15-22-19(23)18-12-8-7-9-16(18)13-14-21-3/h4-12,21H,13-15H2,1-3H3,(H,22,23). The third-order valence-corrected chi connectivity index (χ3v) is 4.15. The summed E-state index contributed by atoms with van der Waals surface area (Å²) in [6.45, 7) is 5.76. The van der Waals surface area contributed by atoms with Crippen LogP contribution in [0.25, 0.3) is 0 Å². The Labute approximate surface area is 139 Å². The molecule has 0 bridgehead atoms. The molecule has 0 heterocycles. The lowest BCUT2D eigenvalue weighted by molar-refractivity contribution is 0.0944. The van der Waals surface area contributed by atoms with E-state index in [0.717, 1.165) is 24.1 Å². The average molecular weight is 310 g/mol. The summed E-state index contributed by atoms with van der Waals surface area (Å²) in [6, 6.07) is 18.1. The van der Waals surface area contributed by atoms with E-state index in [4.69, 9.17) is 0 Å². The number of benzene rings is 2. The molecular weight excluding hydrogens is 284 g/mol. The topological polar surface area (TPSA) is 41.1 Å². The van der Waals surface area contributed by atoms with E-state index >= 15 is 0 Å². The summed E-state index contributed by atoms with van der Waals surface area (Å²) in [4.78, 5) is 12.6. The maximum atomic E-state index is 12.6. The van der Waals surface area contributed by atoms with E-state index in [1.807, 2.05) is 49.5 Å². The fraction of sp³-hybridized carbons (Fsp3) is 0.350. The molecule has 23 heavy (non-hydrogen) atoms. The fourth-order valence-corrected chi connectivity index (χ4v) is 2.61. The second kappa shape index (κ2) is 7.93. The van der Waals surface area contributed by atoms with Gasteiger partial charge in [-0.3, -0.25) is 4.79 Å². The molecule has 2 rings (SSSR count). The van der Waals surface area contributed by atoms with E-state index in [1.54, 1.807) is 0 Å². The molecule has 3 nitrogen and oxygen atoms in total. The van der Waals surface area contributed by atoms with Crippen molar-refractivity contribution in [3.63, 3.8) is 0 Å². The number of carbonyl (C=O) groups is 1. The van der Waals surface area contributed by atoms with E-state index in [2.05, 4.69) is 36.6 Å². The zero-order valence-electron chi connectivity index (χ0n) is 14.2. The SMILES string of the molecule is CNCCc1ccccc1C(=O)NCC(C)(C)c1ccccc1. The summed E-state index contributed by atoms with van der Waals surface area (Å²) in [5, 5.41) is 6.22. The maximum Gasteiger partial charge on any atom is 0.251 e. The quantitative estimate of drug-likeness (QED) is 0.825. The summed E-state index contributed by atoms with van der Waals surface area (Å²) in [6.07, 6.45) is 0.849. The second-order valence-corrected chi connectivity index (χ2v) is 6.44. The molecule has 0 saturated carbocycles. The number of carbonyl (C=O) groups excluding carboxylic acids is 1. The van der Waals surface area contributed by atoms with Crippen molar-refractivity contribution in [1.82, 2.24) is 10.6 Å². The lowest BCUT2D eigenvalue weighted by Crippen LogP contribution is -2.37. The van der Waals surface area contributed by atoms with Gasteiger partial charge in [-0.2, -0.15) is 0 Å². The highest BCUT2D eigenvalue weighted by Crippen LogP contribution is 2.22. The van der Waals surface area contributed by atoms with Crippen LogP contribution >= 0.6 is 0 Å². The Balaban J connectivity index is 2.05. The van der Waals surface area contributed by atoms with Gasteiger partial charge in [0.15, 0.2) is 0 Å². The van der Waals surface area contributed by atoms with Gasteiger partial charge in [0, 0.05) is 17.5 Å². The first-order valence-electron chi connectivity index (χ1n) is 8.11. The third-order valence-electron chi connectivity index (χ3n) is 4.15. The van der Waals surface area contributed by atoms with Gasteiger partial charge in [0.25, 0.3) is 5.91 Å². The maximum absolute atomic E-state index is 12.6. The molecule has 2 aromatic rings. The molecule has 2 aromatic carbocycles. The van der Waals surface area contributed by atoms with Gasteiger partial charge in [0.05, 0.1) is 0 Å². The van der Waals surface area contributed by atoms with Gasteiger partial charge >= 0.3 is 0 Å². The van der Waals surface area contributed by atoms with Gasteiger partial charge < -0.3 is 10.6 Å². The van der Waals surface area contributed by atoms with Crippen LogP contribution in [0.1, 0.15) is 35.3 Å². The van der Waals surface area contributed by atoms with E-state index in [0.29, 0.717) is 6.54 Å². The van der Waals surface area contributed by atoms with Crippen LogP contribution in [-0.2, 0) is 11.8 Å². The molecule has 3 heteroatoms. The van der Waals surface area contributed by atoms with Crippen molar-refractivity contribution in [2.24, 2.45) is 0 Å². The van der Waals surface area contributed by atoms with Crippen molar-refractivity contribution in [2.45, 2.75) is 25.7 Å². The molecule has 0 atom stereocenters. The molecule has 2 N–H and O–H groups in total. The summed E-state index contributed by atoms with van der Waals surface area (Å²) in [7, 11) is 1.92. The lowest BCUT2D eigenvalue weighted by Gasteiger charge is -2.26. The van der Waals surface area contributed by atoms with Crippen LogP contribution in [0.15, 0.2) is 54.6 Å². The monoisotopic (exact) mass is 310 g/mol. The first-order valence-corrected chi connectivity index (χ1v) is 8.11. The number of hydrogen-bond acceptors (Lipinski definition) is 2. The molecule has 0 aliphatic carbocycles. The van der Waals surface area contributed by atoms with Gasteiger partial charge in [-0.1, -0.05) is 62.4 Å². The van der Waals surface area contributed by atoms with Crippen molar-refractivity contribution in [2.75, 3.05) is 20.1 Å². The highest BCUT2D eigenvalue weighted by molar-refractivity contribution is 5.95. The average Bonchev–Trinajstić information content (AvgIpc) is 2.59. The van der Waals surface area contributed by atoms with Crippen molar-refractivity contribution in [3.8, 4) is 0 Å². The molecule has 0 radical (unpaired) electrons. The highest BCUT2D eigenvalue weighted by atomic mass is 16.1. The number of rotatable bonds is 7. The molecule has 0 unspecified atom stereocenters. The number of amides is 1. The van der Waals surface area contributed by atoms with Crippen LogP contribution in [0, 0.1) is 0 Å². The predicted molar refractivity (Wildman–Crippen MR) is 95.9 cm³/mol. The normalized spacial score (nSPS) is 11.3. The lowest BCUT2D eigenvalue weighted by atomic mass is 9.84. The van der Waals surface area contributed by atoms with Crippen molar-refractivity contribution >= 4 is 5.91 Å². The zero-order valence-corrected chi connectivity index (χ0v) is 14.2.